The van der Waals surface area contributed by atoms with E-state index < -0.39 is 15.8 Å². The van der Waals surface area contributed by atoms with Crippen molar-refractivity contribution < 1.29 is 13.2 Å². The summed E-state index contributed by atoms with van der Waals surface area (Å²) in [5.41, 5.74) is 1.03. The van der Waals surface area contributed by atoms with E-state index in [2.05, 4.69) is 15.9 Å². The SMILES string of the molecule is Cc1ccc(S(=O)(=O)n2c(C(=O)/C(C#N)=C/N(C)C)cc3ccc(Br)cc32)cc1. The third kappa shape index (κ3) is 3.97. The van der Waals surface area contributed by atoms with Crippen LogP contribution in [0.2, 0.25) is 0 Å². The largest absolute Gasteiger partial charge is 0.382 e. The Kier molecular flexibility index (Phi) is 5.64. The maximum Gasteiger partial charge on any atom is 0.268 e. The minimum Gasteiger partial charge on any atom is -0.382 e. The number of ketones is 1. The van der Waals surface area contributed by atoms with Crippen LogP contribution in [-0.2, 0) is 10.0 Å². The Hall–Kier alpha value is -2.89. The molecule has 6 nitrogen and oxygen atoms in total. The van der Waals surface area contributed by atoms with Crippen molar-refractivity contribution in [3.05, 3.63) is 76.0 Å². The molecule has 0 N–H and O–H groups in total. The van der Waals surface area contributed by atoms with Crippen LogP contribution in [0.3, 0.4) is 0 Å². The Morgan fingerprint density at radius 3 is 2.38 bits per heavy atom. The van der Waals surface area contributed by atoms with E-state index in [1.165, 1.54) is 24.4 Å². The van der Waals surface area contributed by atoms with Crippen molar-refractivity contribution in [1.82, 2.24) is 8.87 Å². The van der Waals surface area contributed by atoms with Gasteiger partial charge in [-0.25, -0.2) is 12.4 Å². The number of nitriles is 1. The van der Waals surface area contributed by atoms with Gasteiger partial charge in [0.15, 0.2) is 0 Å². The number of aromatic nitrogens is 1. The van der Waals surface area contributed by atoms with Crippen molar-refractivity contribution in [3.8, 4) is 6.07 Å². The number of hydrogen-bond donors (Lipinski definition) is 0. The van der Waals surface area contributed by atoms with Gasteiger partial charge in [-0.3, -0.25) is 4.79 Å². The summed E-state index contributed by atoms with van der Waals surface area (Å²) in [4.78, 5) is 14.7. The number of hydrogen-bond acceptors (Lipinski definition) is 5. The van der Waals surface area contributed by atoms with Crippen LogP contribution >= 0.6 is 15.9 Å². The lowest BCUT2D eigenvalue weighted by atomic mass is 10.1. The molecule has 0 fully saturated rings. The van der Waals surface area contributed by atoms with Gasteiger partial charge in [-0.2, -0.15) is 5.26 Å². The fourth-order valence-corrected chi connectivity index (χ4v) is 4.77. The number of nitrogens with zero attached hydrogens (tertiary/aromatic N) is 3. The molecule has 0 bridgehead atoms. The van der Waals surface area contributed by atoms with Gasteiger partial charge in [0.25, 0.3) is 10.0 Å². The molecule has 148 valence electrons. The van der Waals surface area contributed by atoms with E-state index in [0.29, 0.717) is 15.4 Å². The fraction of sp³-hybridized carbons (Fsp3) is 0.143. The Morgan fingerprint density at radius 1 is 1.14 bits per heavy atom. The van der Waals surface area contributed by atoms with Crippen molar-refractivity contribution in [2.45, 2.75) is 11.8 Å². The zero-order valence-electron chi connectivity index (χ0n) is 16.0. The maximum atomic E-state index is 13.5. The smallest absolute Gasteiger partial charge is 0.268 e. The van der Waals surface area contributed by atoms with Crippen molar-refractivity contribution in [2.75, 3.05) is 14.1 Å². The van der Waals surface area contributed by atoms with Crippen molar-refractivity contribution in [3.63, 3.8) is 0 Å². The van der Waals surface area contributed by atoms with E-state index in [1.54, 1.807) is 49.3 Å². The average molecular weight is 472 g/mol. The number of carbonyl (C=O) groups excluding carboxylic acids is 1. The van der Waals surface area contributed by atoms with Crippen LogP contribution in [0.1, 0.15) is 16.1 Å². The van der Waals surface area contributed by atoms with Gasteiger partial charge in [0.05, 0.1) is 10.4 Å². The second kappa shape index (κ2) is 7.85. The summed E-state index contributed by atoms with van der Waals surface area (Å²) in [6.07, 6.45) is 1.37. The van der Waals surface area contributed by atoms with Gasteiger partial charge < -0.3 is 4.90 Å². The summed E-state index contributed by atoms with van der Waals surface area (Å²) >= 11 is 3.36. The minimum atomic E-state index is -4.08. The maximum absolute atomic E-state index is 13.5. The number of aryl methyl sites for hydroxylation is 1. The summed E-state index contributed by atoms with van der Waals surface area (Å²) in [5, 5.41) is 10.0. The molecule has 3 rings (SSSR count). The van der Waals surface area contributed by atoms with E-state index in [9.17, 15) is 18.5 Å². The highest BCUT2D eigenvalue weighted by molar-refractivity contribution is 9.10. The lowest BCUT2D eigenvalue weighted by Crippen LogP contribution is -2.20. The first-order valence-corrected chi connectivity index (χ1v) is 10.8. The molecule has 0 atom stereocenters. The Morgan fingerprint density at radius 2 is 1.79 bits per heavy atom. The molecule has 0 spiro atoms. The van der Waals surface area contributed by atoms with Crippen LogP contribution in [0, 0.1) is 18.3 Å². The van der Waals surface area contributed by atoms with Crippen LogP contribution in [0.25, 0.3) is 10.9 Å². The zero-order valence-corrected chi connectivity index (χ0v) is 18.5. The Labute approximate surface area is 177 Å². The molecule has 8 heteroatoms. The monoisotopic (exact) mass is 471 g/mol. The summed E-state index contributed by atoms with van der Waals surface area (Å²) < 4.78 is 28.6. The van der Waals surface area contributed by atoms with E-state index in [-0.39, 0.29) is 16.2 Å². The Bertz CT molecular complexity index is 1280. The molecule has 0 saturated carbocycles. The molecular formula is C21H18BrN3O3S. The Balaban J connectivity index is 2.34. The molecule has 0 aliphatic carbocycles. The molecule has 1 heterocycles. The summed E-state index contributed by atoms with van der Waals surface area (Å²) in [6, 6.07) is 14.9. The lowest BCUT2D eigenvalue weighted by Gasteiger charge is -2.12. The third-order valence-electron chi connectivity index (χ3n) is 4.27. The topological polar surface area (TPSA) is 83.2 Å². The van der Waals surface area contributed by atoms with Crippen LogP contribution in [0.4, 0.5) is 0 Å². The van der Waals surface area contributed by atoms with Crippen LogP contribution < -0.4 is 0 Å². The standard InChI is InChI=1S/C21H18BrN3O3S/c1-14-4-8-18(9-5-14)29(27,28)25-19-11-17(22)7-6-15(19)10-20(25)21(26)16(12-23)13-24(2)3/h4-11,13H,1-3H3/b16-13+. The first-order chi connectivity index (χ1) is 13.6. The van der Waals surface area contributed by atoms with Crippen molar-refractivity contribution in [2.24, 2.45) is 0 Å². The second-order valence-corrected chi connectivity index (χ2v) is 9.46. The third-order valence-corrected chi connectivity index (χ3v) is 6.50. The predicted octanol–water partition coefficient (Wildman–Crippen LogP) is 4.10. The highest BCUT2D eigenvalue weighted by Crippen LogP contribution is 2.29. The van der Waals surface area contributed by atoms with Crippen LogP contribution in [-0.4, -0.2) is 37.2 Å². The van der Waals surface area contributed by atoms with Gasteiger partial charge in [-0.1, -0.05) is 39.7 Å². The average Bonchev–Trinajstić information content (AvgIpc) is 3.05. The molecule has 2 aromatic carbocycles. The molecule has 29 heavy (non-hydrogen) atoms. The quantitative estimate of drug-likeness (QED) is 0.317. The molecule has 0 aliphatic rings. The van der Waals surface area contributed by atoms with E-state index in [0.717, 1.165) is 9.54 Å². The number of benzene rings is 2. The molecule has 3 aromatic rings. The number of allylic oxidation sites excluding steroid dienone is 1. The molecule has 1 aromatic heterocycles. The summed E-state index contributed by atoms with van der Waals surface area (Å²) in [6.45, 7) is 1.86. The highest BCUT2D eigenvalue weighted by Gasteiger charge is 2.28. The molecular weight excluding hydrogens is 454 g/mol. The minimum absolute atomic E-state index is 0.0599. The van der Waals surface area contributed by atoms with E-state index in [4.69, 9.17) is 0 Å². The number of fused-ring (bicyclic) bond motifs is 1. The zero-order chi connectivity index (χ0) is 21.3. The molecule has 0 aliphatic heterocycles. The molecule has 0 amide bonds. The van der Waals surface area contributed by atoms with E-state index >= 15 is 0 Å². The number of rotatable bonds is 5. The predicted molar refractivity (Wildman–Crippen MR) is 115 cm³/mol. The summed E-state index contributed by atoms with van der Waals surface area (Å²) in [7, 11) is -0.715. The van der Waals surface area contributed by atoms with E-state index in [1.807, 2.05) is 13.0 Å². The van der Waals surface area contributed by atoms with Gasteiger partial charge in [0, 0.05) is 30.2 Å². The molecule has 0 saturated heterocycles. The van der Waals surface area contributed by atoms with Gasteiger partial charge in [0.1, 0.15) is 17.3 Å². The molecule has 0 radical (unpaired) electrons. The number of carbonyl (C=O) groups is 1. The summed E-state index contributed by atoms with van der Waals surface area (Å²) in [5.74, 6) is -0.663. The normalized spacial score (nSPS) is 12.0. The fourth-order valence-electron chi connectivity index (χ4n) is 2.92. The number of halogens is 1. The first kappa shape index (κ1) is 20.8. The number of Topliss-reactive ketones (excluding diaryl/α,β-unsaturated/α-hetero) is 1. The first-order valence-electron chi connectivity index (χ1n) is 8.61. The second-order valence-electron chi connectivity index (χ2n) is 6.76. The van der Waals surface area contributed by atoms with Crippen LogP contribution in [0.5, 0.6) is 0 Å². The van der Waals surface area contributed by atoms with Gasteiger partial charge >= 0.3 is 0 Å². The van der Waals surface area contributed by atoms with Crippen molar-refractivity contribution in [1.29, 1.82) is 5.26 Å². The lowest BCUT2D eigenvalue weighted by molar-refractivity contribution is 0.103. The highest BCUT2D eigenvalue weighted by atomic mass is 79.9. The van der Waals surface area contributed by atoms with Crippen molar-refractivity contribution >= 4 is 42.6 Å². The molecule has 0 unspecified atom stereocenters. The van der Waals surface area contributed by atoms with Gasteiger partial charge in [-0.05, 0) is 37.3 Å². The van der Waals surface area contributed by atoms with Crippen LogP contribution in [0.15, 0.2) is 69.7 Å². The van der Waals surface area contributed by atoms with Gasteiger partial charge in [0.2, 0.25) is 5.78 Å². The van der Waals surface area contributed by atoms with Gasteiger partial charge in [-0.15, -0.1) is 0 Å².